The van der Waals surface area contributed by atoms with Crippen LogP contribution >= 0.6 is 22.7 Å². The summed E-state index contributed by atoms with van der Waals surface area (Å²) in [7, 11) is -0.713. The normalized spacial score (nSPS) is 11.4. The van der Waals surface area contributed by atoms with E-state index in [1.54, 1.807) is 66.1 Å². The lowest BCUT2D eigenvalue weighted by Gasteiger charge is -2.28. The number of thiophene rings is 2. The Kier molecular flexibility index (Phi) is 12.0. The average Bonchev–Trinajstić information content (AvgIpc) is 3.74. The zero-order chi connectivity index (χ0) is 31.5. The molecule has 9 nitrogen and oxygen atoms in total. The number of carbonyl (C=O) groups excluding carboxylic acids is 2. The first kappa shape index (κ1) is 33.2. The molecule has 2 aromatic carbocycles. The Bertz CT molecular complexity index is 1490. The molecule has 0 aliphatic carbocycles. The van der Waals surface area contributed by atoms with E-state index < -0.39 is 10.0 Å². The second kappa shape index (κ2) is 15.8. The van der Waals surface area contributed by atoms with Crippen LogP contribution < -0.4 is 9.47 Å². The standard InChI is InChI=1S/C32H37N3O6S3/c1-25(36)33(24-32(37)34(22-30-6-4-17-42-30)23-31-7-5-18-43-31)16-19-44(38,39)35(20-26-8-12-28(40-2)13-9-26)21-27-10-14-29(41-3)15-11-27/h4-15,17-18H,16,19-24H2,1-3H3. The summed E-state index contributed by atoms with van der Waals surface area (Å²) in [5.74, 6) is 0.409. The summed E-state index contributed by atoms with van der Waals surface area (Å²) in [6, 6.07) is 22.2. The van der Waals surface area contributed by atoms with Crippen LogP contribution in [-0.4, -0.2) is 67.4 Å². The number of nitrogens with zero attached hydrogens (tertiary/aromatic N) is 3. The highest BCUT2D eigenvalue weighted by atomic mass is 32.2. The number of ether oxygens (including phenoxy) is 2. The van der Waals surface area contributed by atoms with E-state index in [0.29, 0.717) is 24.6 Å². The van der Waals surface area contributed by atoms with E-state index in [-0.39, 0.29) is 43.7 Å². The molecule has 0 saturated heterocycles. The summed E-state index contributed by atoms with van der Waals surface area (Å²) in [5, 5.41) is 3.92. The molecule has 0 bridgehead atoms. The van der Waals surface area contributed by atoms with Gasteiger partial charge in [0.2, 0.25) is 21.8 Å². The fourth-order valence-electron chi connectivity index (χ4n) is 4.50. The summed E-state index contributed by atoms with van der Waals surface area (Å²) in [4.78, 5) is 31.2. The molecule has 0 unspecified atom stereocenters. The van der Waals surface area contributed by atoms with E-state index in [9.17, 15) is 18.0 Å². The molecule has 0 fully saturated rings. The minimum atomic E-state index is -3.86. The van der Waals surface area contributed by atoms with Gasteiger partial charge in [-0.3, -0.25) is 9.59 Å². The second-order valence-electron chi connectivity index (χ2n) is 10.1. The first-order valence-corrected chi connectivity index (χ1v) is 17.4. The van der Waals surface area contributed by atoms with Crippen molar-refractivity contribution in [2.45, 2.75) is 33.1 Å². The number of rotatable bonds is 16. The van der Waals surface area contributed by atoms with Crippen molar-refractivity contribution in [3.05, 3.63) is 104 Å². The predicted molar refractivity (Wildman–Crippen MR) is 174 cm³/mol. The van der Waals surface area contributed by atoms with Crippen LogP contribution in [0.5, 0.6) is 11.5 Å². The molecular weight excluding hydrogens is 619 g/mol. The van der Waals surface area contributed by atoms with E-state index in [2.05, 4.69) is 0 Å². The molecule has 0 N–H and O–H groups in total. The van der Waals surface area contributed by atoms with Crippen LogP contribution in [0.15, 0.2) is 83.6 Å². The molecule has 2 heterocycles. The molecule has 0 spiro atoms. The molecule has 2 aromatic heterocycles. The molecule has 234 valence electrons. The van der Waals surface area contributed by atoms with Gasteiger partial charge >= 0.3 is 0 Å². The van der Waals surface area contributed by atoms with Crippen LogP contribution in [0, 0.1) is 0 Å². The van der Waals surface area contributed by atoms with E-state index in [1.165, 1.54) is 16.1 Å². The third-order valence-corrected chi connectivity index (χ3v) is 10.5. The molecule has 0 radical (unpaired) electrons. The Labute approximate surface area is 267 Å². The highest BCUT2D eigenvalue weighted by molar-refractivity contribution is 7.89. The molecule has 0 atom stereocenters. The smallest absolute Gasteiger partial charge is 0.242 e. The average molecular weight is 656 g/mol. The highest BCUT2D eigenvalue weighted by Gasteiger charge is 2.26. The number of hydrogen-bond donors (Lipinski definition) is 0. The third-order valence-electron chi connectivity index (χ3n) is 7.03. The van der Waals surface area contributed by atoms with Crippen LogP contribution in [0.3, 0.4) is 0 Å². The zero-order valence-electron chi connectivity index (χ0n) is 25.0. The molecule has 4 aromatic rings. The lowest BCUT2D eigenvalue weighted by Crippen LogP contribution is -2.44. The third kappa shape index (κ3) is 9.65. The number of carbonyl (C=O) groups is 2. The lowest BCUT2D eigenvalue weighted by atomic mass is 10.2. The van der Waals surface area contributed by atoms with Gasteiger partial charge in [0.15, 0.2) is 0 Å². The largest absolute Gasteiger partial charge is 0.497 e. The molecule has 0 aliphatic rings. The lowest BCUT2D eigenvalue weighted by molar-refractivity contribution is -0.140. The van der Waals surface area contributed by atoms with Crippen LogP contribution in [0.4, 0.5) is 0 Å². The Morgan fingerprint density at radius 1 is 0.705 bits per heavy atom. The monoisotopic (exact) mass is 655 g/mol. The SMILES string of the molecule is COc1ccc(CN(Cc2ccc(OC)cc2)S(=O)(=O)CCN(CC(=O)N(Cc2cccs2)Cc2cccs2)C(C)=O)cc1. The quantitative estimate of drug-likeness (QED) is 0.164. The van der Waals surface area contributed by atoms with Crippen LogP contribution in [-0.2, 0) is 45.8 Å². The van der Waals surface area contributed by atoms with Gasteiger partial charge in [0.05, 0.1) is 39.6 Å². The van der Waals surface area contributed by atoms with Gasteiger partial charge in [0.25, 0.3) is 0 Å². The maximum absolute atomic E-state index is 13.8. The maximum atomic E-state index is 13.8. The van der Waals surface area contributed by atoms with Crippen molar-refractivity contribution in [3.63, 3.8) is 0 Å². The second-order valence-corrected chi connectivity index (χ2v) is 14.3. The minimum Gasteiger partial charge on any atom is -0.497 e. The van der Waals surface area contributed by atoms with Gasteiger partial charge in [-0.05, 0) is 58.3 Å². The van der Waals surface area contributed by atoms with Crippen molar-refractivity contribution in [2.75, 3.05) is 33.1 Å². The molecule has 44 heavy (non-hydrogen) atoms. The molecule has 2 amide bonds. The van der Waals surface area contributed by atoms with Crippen molar-refractivity contribution in [2.24, 2.45) is 0 Å². The molecule has 0 saturated carbocycles. The summed E-state index contributed by atoms with van der Waals surface area (Å²) in [6.45, 7) is 2.12. The Balaban J connectivity index is 1.49. The summed E-state index contributed by atoms with van der Waals surface area (Å²) >= 11 is 3.12. The summed E-state index contributed by atoms with van der Waals surface area (Å²) in [6.07, 6.45) is 0. The van der Waals surface area contributed by atoms with Gasteiger partial charge in [-0.15, -0.1) is 22.7 Å². The van der Waals surface area contributed by atoms with Gasteiger partial charge in [-0.1, -0.05) is 36.4 Å². The minimum absolute atomic E-state index is 0.114. The van der Waals surface area contributed by atoms with Crippen molar-refractivity contribution >= 4 is 44.5 Å². The number of methoxy groups -OCH3 is 2. The Morgan fingerprint density at radius 2 is 1.18 bits per heavy atom. The van der Waals surface area contributed by atoms with Crippen LogP contribution in [0.1, 0.15) is 27.8 Å². The highest BCUT2D eigenvalue weighted by Crippen LogP contribution is 2.21. The number of benzene rings is 2. The van der Waals surface area contributed by atoms with E-state index in [4.69, 9.17) is 9.47 Å². The van der Waals surface area contributed by atoms with Crippen molar-refractivity contribution in [1.29, 1.82) is 0 Å². The molecular formula is C32H37N3O6S3. The van der Waals surface area contributed by atoms with Gasteiger partial charge in [0, 0.05) is 36.3 Å². The summed E-state index contributed by atoms with van der Waals surface area (Å²) < 4.78 is 39.5. The first-order chi connectivity index (χ1) is 21.2. The Hall–Kier alpha value is -3.71. The van der Waals surface area contributed by atoms with Gasteiger partial charge in [-0.2, -0.15) is 4.31 Å². The topological polar surface area (TPSA) is 96.5 Å². The van der Waals surface area contributed by atoms with E-state index in [1.807, 2.05) is 59.3 Å². The van der Waals surface area contributed by atoms with E-state index >= 15 is 0 Å². The Morgan fingerprint density at radius 3 is 1.57 bits per heavy atom. The number of amides is 2. The van der Waals surface area contributed by atoms with Crippen molar-refractivity contribution < 1.29 is 27.5 Å². The zero-order valence-corrected chi connectivity index (χ0v) is 27.5. The summed E-state index contributed by atoms with van der Waals surface area (Å²) in [5.41, 5.74) is 1.58. The van der Waals surface area contributed by atoms with Crippen molar-refractivity contribution in [3.8, 4) is 11.5 Å². The van der Waals surface area contributed by atoms with Gasteiger partial charge in [0.1, 0.15) is 11.5 Å². The number of hydrogen-bond acceptors (Lipinski definition) is 8. The molecule has 0 aliphatic heterocycles. The van der Waals surface area contributed by atoms with Crippen molar-refractivity contribution in [1.82, 2.24) is 14.1 Å². The van der Waals surface area contributed by atoms with E-state index in [0.717, 1.165) is 20.9 Å². The van der Waals surface area contributed by atoms with Crippen LogP contribution in [0.2, 0.25) is 0 Å². The van der Waals surface area contributed by atoms with Crippen LogP contribution in [0.25, 0.3) is 0 Å². The first-order valence-electron chi connectivity index (χ1n) is 14.0. The maximum Gasteiger partial charge on any atom is 0.242 e. The van der Waals surface area contributed by atoms with Gasteiger partial charge in [-0.25, -0.2) is 8.42 Å². The molecule has 4 rings (SSSR count). The predicted octanol–water partition coefficient (Wildman–Crippen LogP) is 5.24. The van der Waals surface area contributed by atoms with Gasteiger partial charge < -0.3 is 19.3 Å². The molecule has 12 heteroatoms. The fraction of sp³-hybridized carbons (Fsp3) is 0.312. The fourth-order valence-corrected chi connectivity index (χ4v) is 7.34. The number of sulfonamides is 1.